The summed E-state index contributed by atoms with van der Waals surface area (Å²) < 4.78 is 40.4. The van der Waals surface area contributed by atoms with Crippen LogP contribution in [0.2, 0.25) is 0 Å². The fraction of sp³-hybridized carbons (Fsp3) is 0.448. The number of Topliss-reactive ketones (excluding diaryl/α,β-unsaturated/α-hetero) is 1. The van der Waals surface area contributed by atoms with Gasteiger partial charge in [-0.05, 0) is 68.4 Å². The lowest BCUT2D eigenvalue weighted by molar-refractivity contribution is -0.208. The van der Waals surface area contributed by atoms with Crippen LogP contribution in [0.5, 0.6) is 0 Å². The summed E-state index contributed by atoms with van der Waals surface area (Å²) in [5.74, 6) is -0.831. The number of ketones is 1. The number of carbonyl (C=O) groups is 2. The molecule has 1 fully saturated rings. The summed E-state index contributed by atoms with van der Waals surface area (Å²) in [4.78, 5) is 31.8. The molecule has 0 spiro atoms. The minimum atomic E-state index is -4.84. The number of rotatable bonds is 6. The van der Waals surface area contributed by atoms with E-state index in [1.54, 1.807) is 30.5 Å². The van der Waals surface area contributed by atoms with Crippen molar-refractivity contribution < 1.29 is 27.9 Å². The van der Waals surface area contributed by atoms with E-state index < -0.39 is 30.1 Å². The highest BCUT2D eigenvalue weighted by Crippen LogP contribution is 2.42. The molecule has 1 N–H and O–H groups in total. The number of likely N-dealkylation sites (tertiary alicyclic amines) is 1. The highest BCUT2D eigenvalue weighted by atomic mass is 19.4. The van der Waals surface area contributed by atoms with Gasteiger partial charge in [0.05, 0.1) is 18.1 Å². The lowest BCUT2D eigenvalue weighted by Crippen LogP contribution is -2.53. The quantitative estimate of drug-likeness (QED) is 0.445. The van der Waals surface area contributed by atoms with Crippen LogP contribution in [-0.4, -0.2) is 55.6 Å². The fourth-order valence-electron chi connectivity index (χ4n) is 5.62. The molecule has 39 heavy (non-hydrogen) atoms. The van der Waals surface area contributed by atoms with Gasteiger partial charge < -0.3 is 14.6 Å². The largest absolute Gasteiger partial charge is 0.414 e. The van der Waals surface area contributed by atoms with Crippen LogP contribution in [0.1, 0.15) is 71.6 Å². The van der Waals surface area contributed by atoms with Crippen LogP contribution >= 0.6 is 0 Å². The number of aryl methyl sites for hydroxylation is 2. The molecule has 206 valence electrons. The number of aliphatic hydroxyl groups excluding tert-OH is 1. The highest BCUT2D eigenvalue weighted by molar-refractivity contribution is 5.98. The maximum Gasteiger partial charge on any atom is 0.414 e. The average Bonchev–Trinajstić information content (AvgIpc) is 3.21. The van der Waals surface area contributed by atoms with Crippen LogP contribution in [0.25, 0.3) is 11.0 Å². The summed E-state index contributed by atoms with van der Waals surface area (Å²) in [6, 6.07) is 8.62. The van der Waals surface area contributed by atoms with Gasteiger partial charge in [0.1, 0.15) is 5.65 Å². The van der Waals surface area contributed by atoms with Crippen molar-refractivity contribution in [2.24, 2.45) is 7.05 Å². The van der Waals surface area contributed by atoms with Gasteiger partial charge in [0.25, 0.3) is 0 Å². The molecular formula is C29H31F3N4O3. The Morgan fingerprint density at radius 3 is 2.67 bits per heavy atom. The number of pyridine rings is 1. The van der Waals surface area contributed by atoms with Crippen LogP contribution in [0.3, 0.4) is 0 Å². The average molecular weight is 541 g/mol. The molecular weight excluding hydrogens is 509 g/mol. The first-order valence-corrected chi connectivity index (χ1v) is 12.7. The molecule has 7 nitrogen and oxygen atoms in total. The Morgan fingerprint density at radius 1 is 1.31 bits per heavy atom. The number of halogens is 3. The number of aliphatic hydroxyl groups is 1. The zero-order valence-electron chi connectivity index (χ0n) is 22.3. The first kappa shape index (κ1) is 28.3. The maximum atomic E-state index is 13.0. The zero-order valence-corrected chi connectivity index (χ0v) is 22.3. The topological polar surface area (TPSA) is 99.2 Å². The van der Waals surface area contributed by atoms with Crippen molar-refractivity contribution >= 4 is 22.7 Å². The zero-order chi connectivity index (χ0) is 28.7. The van der Waals surface area contributed by atoms with E-state index in [4.69, 9.17) is 5.26 Å². The van der Waals surface area contributed by atoms with E-state index in [0.717, 1.165) is 27.7 Å². The van der Waals surface area contributed by atoms with Gasteiger partial charge in [0.2, 0.25) is 5.91 Å². The number of hydrogen-bond acceptors (Lipinski definition) is 5. The first-order chi connectivity index (χ1) is 18.2. The van der Waals surface area contributed by atoms with Crippen LogP contribution in [0.4, 0.5) is 13.2 Å². The number of aromatic nitrogens is 2. The number of benzene rings is 1. The molecule has 0 saturated carbocycles. The second-order valence-corrected chi connectivity index (χ2v) is 10.9. The first-order valence-electron chi connectivity index (χ1n) is 12.7. The standard InChI is InChI=1S/C29H31F3N4O3/c1-17-21(11-23(37)19-7-5-6-18(10-19)14-33)15-34-27-26(17)22(16-35(27)4)20-8-9-36(28(2,3)13-20)25(39)12-24(38)29(30,31)32/h5-7,10,15-16,20,24,38H,8-9,11-13H2,1-4H3/t20-,24-/m1/s1. The summed E-state index contributed by atoms with van der Waals surface area (Å²) in [5.41, 5.74) is 3.62. The Kier molecular flexibility index (Phi) is 7.59. The van der Waals surface area contributed by atoms with E-state index in [0.29, 0.717) is 24.0 Å². The molecule has 4 rings (SSSR count). The molecule has 1 saturated heterocycles. The van der Waals surface area contributed by atoms with E-state index >= 15 is 0 Å². The number of piperidine rings is 1. The summed E-state index contributed by atoms with van der Waals surface area (Å²) in [6.07, 6.45) is -3.65. The van der Waals surface area contributed by atoms with Crippen molar-refractivity contribution in [3.8, 4) is 6.07 Å². The second-order valence-electron chi connectivity index (χ2n) is 10.9. The summed E-state index contributed by atoms with van der Waals surface area (Å²) in [5, 5.41) is 19.5. The van der Waals surface area contributed by atoms with Crippen molar-refractivity contribution in [1.29, 1.82) is 5.26 Å². The smallest absolute Gasteiger partial charge is 0.383 e. The van der Waals surface area contributed by atoms with Crippen molar-refractivity contribution in [3.05, 3.63) is 64.5 Å². The van der Waals surface area contributed by atoms with E-state index in [-0.39, 0.29) is 24.7 Å². The SMILES string of the molecule is Cc1c(CC(=O)c2cccc(C#N)c2)cnc2c1c([C@@H]1CCN(C(=O)C[C@@H](O)C(F)(F)F)C(C)(C)C1)cn2C. The highest BCUT2D eigenvalue weighted by Gasteiger charge is 2.44. The summed E-state index contributed by atoms with van der Waals surface area (Å²) in [7, 11) is 1.89. The number of hydrogen-bond donors (Lipinski definition) is 1. The maximum absolute atomic E-state index is 13.0. The molecule has 2 aromatic heterocycles. The van der Waals surface area contributed by atoms with Crippen LogP contribution in [0, 0.1) is 18.3 Å². The molecule has 0 unspecified atom stereocenters. The van der Waals surface area contributed by atoms with Crippen molar-refractivity contribution in [1.82, 2.24) is 14.5 Å². The monoisotopic (exact) mass is 540 g/mol. The molecule has 1 aliphatic rings. The Bertz CT molecular complexity index is 1470. The fourth-order valence-corrected chi connectivity index (χ4v) is 5.62. The number of alkyl halides is 3. The summed E-state index contributed by atoms with van der Waals surface area (Å²) >= 11 is 0. The minimum Gasteiger partial charge on any atom is -0.383 e. The molecule has 0 aliphatic carbocycles. The van der Waals surface area contributed by atoms with Gasteiger partial charge >= 0.3 is 6.18 Å². The Labute approximate surface area is 224 Å². The number of amides is 1. The van der Waals surface area contributed by atoms with E-state index in [1.165, 1.54) is 4.90 Å². The third-order valence-electron chi connectivity index (χ3n) is 7.71. The van der Waals surface area contributed by atoms with Crippen molar-refractivity contribution in [2.45, 2.75) is 70.2 Å². The molecule has 0 bridgehead atoms. The Balaban J connectivity index is 1.60. The normalized spacial score (nSPS) is 18.1. The van der Waals surface area contributed by atoms with Gasteiger partial charge in [-0.2, -0.15) is 18.4 Å². The van der Waals surface area contributed by atoms with Crippen LogP contribution in [-0.2, 0) is 18.3 Å². The molecule has 3 aromatic rings. The van der Waals surface area contributed by atoms with Crippen LogP contribution < -0.4 is 0 Å². The van der Waals surface area contributed by atoms with Gasteiger partial charge in [-0.3, -0.25) is 9.59 Å². The van der Waals surface area contributed by atoms with Crippen LogP contribution in [0.15, 0.2) is 36.7 Å². The molecule has 10 heteroatoms. The Morgan fingerprint density at radius 2 is 2.03 bits per heavy atom. The lowest BCUT2D eigenvalue weighted by Gasteiger charge is -2.46. The van der Waals surface area contributed by atoms with Gasteiger partial charge in [-0.25, -0.2) is 4.98 Å². The molecule has 2 atom stereocenters. The Hall–Kier alpha value is -3.71. The van der Waals surface area contributed by atoms with Gasteiger partial charge in [-0.15, -0.1) is 0 Å². The van der Waals surface area contributed by atoms with Crippen molar-refractivity contribution in [3.63, 3.8) is 0 Å². The number of nitrogens with zero attached hydrogens (tertiary/aromatic N) is 4. The van der Waals surface area contributed by atoms with E-state index in [9.17, 15) is 27.9 Å². The van der Waals surface area contributed by atoms with Gasteiger partial charge in [0.15, 0.2) is 11.9 Å². The van der Waals surface area contributed by atoms with Crippen molar-refractivity contribution in [2.75, 3.05) is 6.54 Å². The summed E-state index contributed by atoms with van der Waals surface area (Å²) in [6.45, 7) is 5.86. The lowest BCUT2D eigenvalue weighted by atomic mass is 9.78. The van der Waals surface area contributed by atoms with Gasteiger partial charge in [-0.1, -0.05) is 12.1 Å². The number of nitriles is 1. The van der Waals surface area contributed by atoms with E-state index in [1.807, 2.05) is 44.7 Å². The molecule has 3 heterocycles. The van der Waals surface area contributed by atoms with E-state index in [2.05, 4.69) is 4.98 Å². The van der Waals surface area contributed by atoms with Gasteiger partial charge in [0, 0.05) is 48.9 Å². The molecule has 1 aliphatic heterocycles. The number of carbonyl (C=O) groups excluding carboxylic acids is 2. The second kappa shape index (κ2) is 10.5. The molecule has 1 amide bonds. The predicted octanol–water partition coefficient (Wildman–Crippen LogP) is 4.98. The minimum absolute atomic E-state index is 0.0130. The molecule has 0 radical (unpaired) electrons. The predicted molar refractivity (Wildman–Crippen MR) is 139 cm³/mol. The molecule has 1 aromatic carbocycles. The third kappa shape index (κ3) is 5.69. The number of fused-ring (bicyclic) bond motifs is 1. The third-order valence-corrected chi connectivity index (χ3v) is 7.71.